The lowest BCUT2D eigenvalue weighted by molar-refractivity contribution is 0.324. The van der Waals surface area contributed by atoms with Crippen LogP contribution in [0.4, 0.5) is 5.82 Å². The van der Waals surface area contributed by atoms with Gasteiger partial charge in [-0.05, 0) is 23.3 Å². The molecule has 0 radical (unpaired) electrons. The monoisotopic (exact) mass is 394 g/mol. The molecule has 0 bridgehead atoms. The van der Waals surface area contributed by atoms with Crippen LogP contribution in [-0.2, 0) is 12.8 Å². The van der Waals surface area contributed by atoms with E-state index in [0.29, 0.717) is 41.7 Å². The lowest BCUT2D eigenvalue weighted by Crippen LogP contribution is -2.16. The van der Waals surface area contributed by atoms with E-state index < -0.39 is 0 Å². The van der Waals surface area contributed by atoms with E-state index >= 15 is 0 Å². The third kappa shape index (κ3) is 4.75. The van der Waals surface area contributed by atoms with E-state index in [1.54, 1.807) is 27.5 Å². The quantitative estimate of drug-likeness (QED) is 0.605. The molecule has 7 heteroatoms. The summed E-state index contributed by atoms with van der Waals surface area (Å²) in [5, 5.41) is 0. The van der Waals surface area contributed by atoms with Crippen molar-refractivity contribution in [3.63, 3.8) is 0 Å². The number of ether oxygens (including phenoxy) is 3. The first-order valence-corrected chi connectivity index (χ1v) is 9.25. The van der Waals surface area contributed by atoms with Crippen LogP contribution in [0.3, 0.4) is 0 Å². The molecule has 7 nitrogen and oxygen atoms in total. The van der Waals surface area contributed by atoms with Crippen LogP contribution >= 0.6 is 0 Å². The van der Waals surface area contributed by atoms with Gasteiger partial charge >= 0.3 is 0 Å². The zero-order chi connectivity index (χ0) is 20.8. The molecule has 29 heavy (non-hydrogen) atoms. The molecular formula is C22H26N4O3. The summed E-state index contributed by atoms with van der Waals surface area (Å²) in [5.74, 6) is 2.78. The average molecular weight is 394 g/mol. The molecule has 0 fully saturated rings. The van der Waals surface area contributed by atoms with E-state index in [-0.39, 0.29) is 6.04 Å². The molecule has 1 atom stereocenters. The van der Waals surface area contributed by atoms with Gasteiger partial charge in [-0.1, -0.05) is 30.3 Å². The van der Waals surface area contributed by atoms with E-state index in [2.05, 4.69) is 9.97 Å². The lowest BCUT2D eigenvalue weighted by Gasteiger charge is -2.15. The van der Waals surface area contributed by atoms with Crippen molar-refractivity contribution in [2.24, 2.45) is 5.73 Å². The molecule has 152 valence electrons. The number of anilines is 1. The first kappa shape index (κ1) is 20.4. The van der Waals surface area contributed by atoms with E-state index in [4.69, 9.17) is 25.7 Å². The van der Waals surface area contributed by atoms with Crippen molar-refractivity contribution in [2.75, 3.05) is 27.1 Å². The molecule has 1 aromatic heterocycles. The van der Waals surface area contributed by atoms with Gasteiger partial charge < -0.3 is 25.7 Å². The Morgan fingerprint density at radius 1 is 0.966 bits per heavy atom. The zero-order valence-electron chi connectivity index (χ0n) is 16.9. The molecule has 4 N–H and O–H groups in total. The number of aromatic nitrogens is 2. The van der Waals surface area contributed by atoms with Crippen molar-refractivity contribution < 1.29 is 14.2 Å². The summed E-state index contributed by atoms with van der Waals surface area (Å²) in [6, 6.07) is 13.5. The minimum atomic E-state index is -0.184. The van der Waals surface area contributed by atoms with Gasteiger partial charge in [0.25, 0.3) is 0 Å². The zero-order valence-corrected chi connectivity index (χ0v) is 16.9. The topological polar surface area (TPSA) is 106 Å². The maximum absolute atomic E-state index is 6.27. The Hall–Kier alpha value is -3.32. The van der Waals surface area contributed by atoms with Crippen LogP contribution in [0.15, 0.2) is 48.7 Å². The summed E-state index contributed by atoms with van der Waals surface area (Å²) < 4.78 is 16.2. The van der Waals surface area contributed by atoms with E-state index in [1.165, 1.54) is 0 Å². The van der Waals surface area contributed by atoms with Crippen LogP contribution in [0.1, 0.15) is 28.6 Å². The Bertz CT molecular complexity index is 939. The van der Waals surface area contributed by atoms with Crippen LogP contribution in [0, 0.1) is 0 Å². The molecular weight excluding hydrogens is 368 g/mol. The number of hydrogen-bond donors (Lipinski definition) is 2. The van der Waals surface area contributed by atoms with Crippen molar-refractivity contribution >= 4 is 5.82 Å². The molecule has 1 unspecified atom stereocenters. The first-order chi connectivity index (χ1) is 14.0. The highest BCUT2D eigenvalue weighted by molar-refractivity contribution is 5.55. The Labute approximate surface area is 170 Å². The standard InChI is InChI=1S/C22H26N4O3/c1-27-18-10-14(11-19(28-2)21(18)29-3)9-16-13-25-20(26-22(16)24)12-17(23)15-7-5-4-6-8-15/h4-8,10-11,13,17H,9,12,23H2,1-3H3,(H2,24,25,26). The highest BCUT2D eigenvalue weighted by atomic mass is 16.5. The second kappa shape index (κ2) is 9.25. The number of hydrogen-bond acceptors (Lipinski definition) is 7. The fourth-order valence-corrected chi connectivity index (χ4v) is 3.16. The molecule has 2 aromatic carbocycles. The number of nitrogens with zero attached hydrogens (tertiary/aromatic N) is 2. The third-order valence-corrected chi connectivity index (χ3v) is 4.70. The number of nitrogen functional groups attached to an aromatic ring is 1. The predicted molar refractivity (Wildman–Crippen MR) is 112 cm³/mol. The largest absolute Gasteiger partial charge is 0.493 e. The molecule has 0 saturated carbocycles. The SMILES string of the molecule is COc1cc(Cc2cnc(CC(N)c3ccccc3)nc2N)cc(OC)c1OC. The third-order valence-electron chi connectivity index (χ3n) is 4.70. The normalized spacial score (nSPS) is 11.7. The van der Waals surface area contributed by atoms with Crippen molar-refractivity contribution in [1.29, 1.82) is 0 Å². The number of rotatable bonds is 8. The molecule has 3 rings (SSSR count). The minimum absolute atomic E-state index is 0.184. The number of nitrogens with two attached hydrogens (primary N) is 2. The predicted octanol–water partition coefficient (Wildman–Crippen LogP) is 2.92. The van der Waals surface area contributed by atoms with Crippen LogP contribution in [0.5, 0.6) is 17.2 Å². The molecule has 0 amide bonds. The van der Waals surface area contributed by atoms with E-state index in [1.807, 2.05) is 42.5 Å². The smallest absolute Gasteiger partial charge is 0.203 e. The molecule has 0 aliphatic heterocycles. The molecule has 0 aliphatic carbocycles. The summed E-state index contributed by atoms with van der Waals surface area (Å²) >= 11 is 0. The number of benzene rings is 2. The maximum atomic E-state index is 6.27. The molecule has 0 spiro atoms. The first-order valence-electron chi connectivity index (χ1n) is 9.25. The highest BCUT2D eigenvalue weighted by Gasteiger charge is 2.15. The second-order valence-electron chi connectivity index (χ2n) is 6.63. The molecule has 3 aromatic rings. The number of methoxy groups -OCH3 is 3. The maximum Gasteiger partial charge on any atom is 0.203 e. The Morgan fingerprint density at radius 3 is 2.17 bits per heavy atom. The fourth-order valence-electron chi connectivity index (χ4n) is 3.16. The van der Waals surface area contributed by atoms with Gasteiger partial charge in [0.2, 0.25) is 5.75 Å². The summed E-state index contributed by atoms with van der Waals surface area (Å²) in [6.07, 6.45) is 2.80. The molecule has 0 aliphatic rings. The summed E-state index contributed by atoms with van der Waals surface area (Å²) in [5.41, 5.74) is 15.3. The summed E-state index contributed by atoms with van der Waals surface area (Å²) in [7, 11) is 4.75. The van der Waals surface area contributed by atoms with Gasteiger partial charge in [-0.2, -0.15) is 0 Å². The molecule has 0 saturated heterocycles. The Kier molecular flexibility index (Phi) is 6.51. The Morgan fingerprint density at radius 2 is 1.62 bits per heavy atom. The van der Waals surface area contributed by atoms with Crippen LogP contribution in [0.2, 0.25) is 0 Å². The van der Waals surface area contributed by atoms with Gasteiger partial charge in [0.05, 0.1) is 21.3 Å². The van der Waals surface area contributed by atoms with Crippen LogP contribution in [-0.4, -0.2) is 31.3 Å². The van der Waals surface area contributed by atoms with E-state index in [0.717, 1.165) is 16.7 Å². The van der Waals surface area contributed by atoms with Crippen LogP contribution in [0.25, 0.3) is 0 Å². The van der Waals surface area contributed by atoms with Gasteiger partial charge in [-0.15, -0.1) is 0 Å². The van der Waals surface area contributed by atoms with Crippen LogP contribution < -0.4 is 25.7 Å². The van der Waals surface area contributed by atoms with Gasteiger partial charge in [0.1, 0.15) is 11.6 Å². The van der Waals surface area contributed by atoms with Crippen molar-refractivity contribution in [3.05, 3.63) is 71.2 Å². The van der Waals surface area contributed by atoms with Crippen molar-refractivity contribution in [1.82, 2.24) is 9.97 Å². The fraction of sp³-hybridized carbons (Fsp3) is 0.273. The van der Waals surface area contributed by atoms with Gasteiger partial charge in [0, 0.05) is 30.6 Å². The van der Waals surface area contributed by atoms with Gasteiger partial charge in [0.15, 0.2) is 11.5 Å². The summed E-state index contributed by atoms with van der Waals surface area (Å²) in [6.45, 7) is 0. The van der Waals surface area contributed by atoms with E-state index in [9.17, 15) is 0 Å². The lowest BCUT2D eigenvalue weighted by atomic mass is 10.0. The highest BCUT2D eigenvalue weighted by Crippen LogP contribution is 2.38. The molecule has 1 heterocycles. The summed E-state index contributed by atoms with van der Waals surface area (Å²) in [4.78, 5) is 8.91. The average Bonchev–Trinajstić information content (AvgIpc) is 2.75. The van der Waals surface area contributed by atoms with Gasteiger partial charge in [-0.3, -0.25) is 0 Å². The minimum Gasteiger partial charge on any atom is -0.493 e. The van der Waals surface area contributed by atoms with Gasteiger partial charge in [-0.25, -0.2) is 9.97 Å². The van der Waals surface area contributed by atoms with Crippen molar-refractivity contribution in [3.8, 4) is 17.2 Å². The Balaban J connectivity index is 1.79. The van der Waals surface area contributed by atoms with Crippen molar-refractivity contribution in [2.45, 2.75) is 18.9 Å². The second-order valence-corrected chi connectivity index (χ2v) is 6.63.